The van der Waals surface area contributed by atoms with Gasteiger partial charge in [0.1, 0.15) is 6.10 Å². The van der Waals surface area contributed by atoms with Crippen LogP contribution in [0.5, 0.6) is 0 Å². The van der Waals surface area contributed by atoms with Crippen molar-refractivity contribution in [2.75, 3.05) is 38.1 Å². The van der Waals surface area contributed by atoms with Gasteiger partial charge in [-0.15, -0.1) is 0 Å². The number of anilines is 1. The third-order valence-electron chi connectivity index (χ3n) is 5.85. The smallest absolute Gasteiger partial charge is 0.289 e. The van der Waals surface area contributed by atoms with E-state index in [9.17, 15) is 14.4 Å². The summed E-state index contributed by atoms with van der Waals surface area (Å²) in [4.78, 5) is 41.7. The Bertz CT molecular complexity index is 950. The molecule has 1 unspecified atom stereocenters. The number of amides is 3. The van der Waals surface area contributed by atoms with Gasteiger partial charge in [0.25, 0.3) is 17.7 Å². The Kier molecular flexibility index (Phi) is 6.36. The predicted octanol–water partition coefficient (Wildman–Crippen LogP) is 2.69. The summed E-state index contributed by atoms with van der Waals surface area (Å²) in [6.45, 7) is 4.45. The van der Waals surface area contributed by atoms with Crippen molar-refractivity contribution in [2.24, 2.45) is 0 Å². The van der Waals surface area contributed by atoms with E-state index >= 15 is 0 Å². The largest absolute Gasteiger partial charge is 0.459 e. The second-order valence-corrected chi connectivity index (χ2v) is 7.88. The van der Waals surface area contributed by atoms with Crippen LogP contribution < -0.4 is 5.32 Å². The molecule has 0 bridgehead atoms. The molecule has 0 saturated carbocycles. The van der Waals surface area contributed by atoms with Gasteiger partial charge in [-0.1, -0.05) is 6.07 Å². The summed E-state index contributed by atoms with van der Waals surface area (Å²) in [5.74, 6) is -0.121. The van der Waals surface area contributed by atoms with E-state index in [-0.39, 0.29) is 17.7 Å². The maximum absolute atomic E-state index is 13.2. The fourth-order valence-electron chi connectivity index (χ4n) is 4.05. The molecule has 164 valence electrons. The fourth-order valence-corrected chi connectivity index (χ4v) is 4.05. The summed E-state index contributed by atoms with van der Waals surface area (Å²) in [7, 11) is 0. The van der Waals surface area contributed by atoms with Crippen LogP contribution in [0, 0.1) is 6.92 Å². The van der Waals surface area contributed by atoms with Gasteiger partial charge >= 0.3 is 0 Å². The minimum atomic E-state index is -0.429. The van der Waals surface area contributed by atoms with Crippen LogP contribution >= 0.6 is 0 Å². The lowest BCUT2D eigenvalue weighted by Crippen LogP contribution is -2.37. The Morgan fingerprint density at radius 3 is 2.42 bits per heavy atom. The molecule has 1 aromatic carbocycles. The molecule has 0 aliphatic carbocycles. The minimum absolute atomic E-state index is 0.0991. The summed E-state index contributed by atoms with van der Waals surface area (Å²) in [5, 5.41) is 2.90. The van der Waals surface area contributed by atoms with Gasteiger partial charge in [0.2, 0.25) is 0 Å². The van der Waals surface area contributed by atoms with Gasteiger partial charge in [-0.25, -0.2) is 0 Å². The van der Waals surface area contributed by atoms with Crippen molar-refractivity contribution in [3.8, 4) is 0 Å². The van der Waals surface area contributed by atoms with E-state index in [2.05, 4.69) is 5.32 Å². The number of hydrogen-bond donors (Lipinski definition) is 1. The van der Waals surface area contributed by atoms with Gasteiger partial charge in [-0.3, -0.25) is 14.4 Å². The summed E-state index contributed by atoms with van der Waals surface area (Å²) < 4.78 is 10.7. The highest BCUT2D eigenvalue weighted by molar-refractivity contribution is 6.00. The molecular formula is C23H27N3O5. The van der Waals surface area contributed by atoms with Gasteiger partial charge < -0.3 is 24.3 Å². The number of benzene rings is 1. The van der Waals surface area contributed by atoms with Gasteiger partial charge in [-0.05, 0) is 56.0 Å². The first kappa shape index (κ1) is 21.1. The van der Waals surface area contributed by atoms with Crippen LogP contribution in [0.25, 0.3) is 0 Å². The monoisotopic (exact) mass is 425 g/mol. The molecule has 8 heteroatoms. The Morgan fingerprint density at radius 2 is 1.74 bits per heavy atom. The number of nitrogens with zero attached hydrogens (tertiary/aromatic N) is 2. The van der Waals surface area contributed by atoms with Crippen molar-refractivity contribution in [1.29, 1.82) is 0 Å². The SMILES string of the molecule is Cc1c(NC(=O)C2CCCO2)cccc1C(=O)N1CCCN(C(=O)c2ccco2)CC1. The number of carbonyl (C=O) groups excluding carboxylic acids is 3. The highest BCUT2D eigenvalue weighted by Crippen LogP contribution is 2.23. The third kappa shape index (κ3) is 4.64. The van der Waals surface area contributed by atoms with Crippen LogP contribution in [0.2, 0.25) is 0 Å². The molecule has 2 aromatic rings. The molecule has 1 N–H and O–H groups in total. The van der Waals surface area contributed by atoms with Crippen molar-refractivity contribution in [3.05, 3.63) is 53.5 Å². The zero-order chi connectivity index (χ0) is 21.8. The first-order valence-electron chi connectivity index (χ1n) is 10.7. The number of furan rings is 1. The summed E-state index contributed by atoms with van der Waals surface area (Å²) in [5.41, 5.74) is 1.90. The molecule has 0 spiro atoms. The van der Waals surface area contributed by atoms with Gasteiger partial charge in [0.15, 0.2) is 5.76 Å². The van der Waals surface area contributed by atoms with Crippen molar-refractivity contribution >= 4 is 23.4 Å². The first-order valence-corrected chi connectivity index (χ1v) is 10.7. The van der Waals surface area contributed by atoms with Gasteiger partial charge in [-0.2, -0.15) is 0 Å². The number of ether oxygens (including phenoxy) is 1. The average molecular weight is 425 g/mol. The lowest BCUT2D eigenvalue weighted by atomic mass is 10.0. The van der Waals surface area contributed by atoms with E-state index < -0.39 is 6.10 Å². The quantitative estimate of drug-likeness (QED) is 0.813. The van der Waals surface area contributed by atoms with Crippen LogP contribution in [0.4, 0.5) is 5.69 Å². The molecule has 31 heavy (non-hydrogen) atoms. The first-order chi connectivity index (χ1) is 15.0. The zero-order valence-electron chi connectivity index (χ0n) is 17.6. The van der Waals surface area contributed by atoms with E-state index in [1.165, 1.54) is 6.26 Å². The van der Waals surface area contributed by atoms with Crippen LogP contribution in [-0.4, -0.2) is 66.4 Å². The average Bonchev–Trinajstić information content (AvgIpc) is 3.45. The lowest BCUT2D eigenvalue weighted by molar-refractivity contribution is -0.124. The molecule has 2 aliphatic rings. The molecule has 0 radical (unpaired) electrons. The maximum atomic E-state index is 13.2. The second kappa shape index (κ2) is 9.34. The summed E-state index contributed by atoms with van der Waals surface area (Å²) in [6.07, 6.45) is 3.33. The molecule has 1 aromatic heterocycles. The Labute approximate surface area is 181 Å². The lowest BCUT2D eigenvalue weighted by Gasteiger charge is -2.23. The number of rotatable bonds is 4. The predicted molar refractivity (Wildman–Crippen MR) is 114 cm³/mol. The molecular weight excluding hydrogens is 398 g/mol. The van der Waals surface area contributed by atoms with Gasteiger partial charge in [0.05, 0.1) is 6.26 Å². The van der Waals surface area contributed by atoms with E-state index in [0.717, 1.165) is 12.0 Å². The topological polar surface area (TPSA) is 92.1 Å². The standard InChI is InChI=1S/C23H27N3O5/c1-16-17(6-2-7-18(16)24-21(27)19-8-3-14-30-19)22(28)25-10-5-11-26(13-12-25)23(29)20-9-4-15-31-20/h2,4,6-7,9,15,19H,3,5,8,10-14H2,1H3,(H,24,27). The van der Waals surface area contributed by atoms with Crippen molar-refractivity contribution in [3.63, 3.8) is 0 Å². The molecule has 2 saturated heterocycles. The molecule has 3 amide bonds. The third-order valence-corrected chi connectivity index (χ3v) is 5.85. The molecule has 3 heterocycles. The van der Waals surface area contributed by atoms with E-state index in [1.54, 1.807) is 40.1 Å². The van der Waals surface area contributed by atoms with Crippen molar-refractivity contribution < 1.29 is 23.5 Å². The fraction of sp³-hybridized carbons (Fsp3) is 0.435. The summed E-state index contributed by atoms with van der Waals surface area (Å²) in [6, 6.07) is 8.68. The highest BCUT2D eigenvalue weighted by Gasteiger charge is 2.27. The highest BCUT2D eigenvalue weighted by atomic mass is 16.5. The molecule has 4 rings (SSSR count). The Hall–Kier alpha value is -3.13. The molecule has 2 fully saturated rings. The minimum Gasteiger partial charge on any atom is -0.459 e. The molecule has 2 aliphatic heterocycles. The normalized spacial score (nSPS) is 19.2. The Morgan fingerprint density at radius 1 is 0.968 bits per heavy atom. The Balaban J connectivity index is 1.43. The van der Waals surface area contributed by atoms with E-state index in [1.807, 2.05) is 6.92 Å². The van der Waals surface area contributed by atoms with Crippen LogP contribution in [0.15, 0.2) is 41.0 Å². The van der Waals surface area contributed by atoms with Crippen LogP contribution in [-0.2, 0) is 9.53 Å². The van der Waals surface area contributed by atoms with E-state index in [4.69, 9.17) is 9.15 Å². The van der Waals surface area contributed by atoms with Crippen molar-refractivity contribution in [1.82, 2.24) is 9.80 Å². The molecule has 8 nitrogen and oxygen atoms in total. The maximum Gasteiger partial charge on any atom is 0.289 e. The van der Waals surface area contributed by atoms with Crippen LogP contribution in [0.3, 0.4) is 0 Å². The van der Waals surface area contributed by atoms with Gasteiger partial charge in [0, 0.05) is 44.0 Å². The van der Waals surface area contributed by atoms with Crippen molar-refractivity contribution in [2.45, 2.75) is 32.3 Å². The zero-order valence-corrected chi connectivity index (χ0v) is 17.6. The second-order valence-electron chi connectivity index (χ2n) is 7.88. The van der Waals surface area contributed by atoms with Crippen LogP contribution in [0.1, 0.15) is 45.7 Å². The molecule has 1 atom stereocenters. The number of carbonyl (C=O) groups is 3. The number of hydrogen-bond acceptors (Lipinski definition) is 5. The summed E-state index contributed by atoms with van der Waals surface area (Å²) >= 11 is 0. The van der Waals surface area contributed by atoms with E-state index in [0.29, 0.717) is 62.6 Å². The number of nitrogens with one attached hydrogen (secondary N) is 1.